The molecule has 1 aromatic heterocycles. The highest BCUT2D eigenvalue weighted by Crippen LogP contribution is 2.34. The Kier molecular flexibility index (Phi) is 5.45. The Hall–Kier alpha value is -0.130. The summed E-state index contributed by atoms with van der Waals surface area (Å²) < 4.78 is 1.99. The van der Waals surface area contributed by atoms with E-state index in [0.717, 1.165) is 16.9 Å². The molecular formula is C13H23N3S2. The zero-order chi connectivity index (χ0) is 13.0. The van der Waals surface area contributed by atoms with Crippen molar-refractivity contribution in [2.45, 2.75) is 36.3 Å². The fraction of sp³-hybridized carbons (Fsp3) is 0.769. The van der Waals surface area contributed by atoms with E-state index < -0.39 is 0 Å². The van der Waals surface area contributed by atoms with Crippen molar-refractivity contribution in [3.8, 4) is 0 Å². The zero-order valence-corrected chi connectivity index (χ0v) is 13.1. The summed E-state index contributed by atoms with van der Waals surface area (Å²) in [6.45, 7) is 2.37. The molecule has 3 nitrogen and oxygen atoms in total. The molecule has 0 amide bonds. The third kappa shape index (κ3) is 3.45. The Balaban J connectivity index is 1.90. The lowest BCUT2D eigenvalue weighted by Gasteiger charge is -2.34. The van der Waals surface area contributed by atoms with E-state index in [-0.39, 0.29) is 0 Å². The molecule has 0 saturated carbocycles. The number of hydrogen-bond donors (Lipinski definition) is 1. The summed E-state index contributed by atoms with van der Waals surface area (Å²) in [7, 11) is 4.12. The van der Waals surface area contributed by atoms with Crippen LogP contribution in [0.25, 0.3) is 0 Å². The molecule has 1 aliphatic rings. The summed E-state index contributed by atoms with van der Waals surface area (Å²) >= 11 is 4.26. The highest BCUT2D eigenvalue weighted by atomic mass is 32.2. The van der Waals surface area contributed by atoms with E-state index in [1.165, 1.54) is 23.6 Å². The molecular weight excluding hydrogens is 262 g/mol. The second-order valence-electron chi connectivity index (χ2n) is 4.79. The monoisotopic (exact) mass is 285 g/mol. The van der Waals surface area contributed by atoms with E-state index in [1.807, 2.05) is 17.9 Å². The maximum absolute atomic E-state index is 4.23. The van der Waals surface area contributed by atoms with Crippen molar-refractivity contribution < 1.29 is 0 Å². The van der Waals surface area contributed by atoms with Crippen LogP contribution in [-0.2, 0) is 13.5 Å². The fourth-order valence-corrected chi connectivity index (χ4v) is 5.55. The molecule has 3 unspecified atom stereocenters. The predicted molar refractivity (Wildman–Crippen MR) is 82.5 cm³/mol. The Bertz CT molecular complexity index is 367. The van der Waals surface area contributed by atoms with Gasteiger partial charge in [0.15, 0.2) is 0 Å². The molecule has 1 N–H and O–H groups in total. The minimum Gasteiger partial charge on any atom is -0.316 e. The number of nitrogens with zero attached hydrogens (tertiary/aromatic N) is 2. The highest BCUT2D eigenvalue weighted by Gasteiger charge is 2.29. The molecule has 102 valence electrons. The normalized spacial score (nSPS) is 26.2. The van der Waals surface area contributed by atoms with Crippen LogP contribution in [0.2, 0.25) is 0 Å². The molecule has 5 heteroatoms. The molecule has 1 fully saturated rings. The van der Waals surface area contributed by atoms with E-state index in [0.29, 0.717) is 6.04 Å². The van der Waals surface area contributed by atoms with E-state index >= 15 is 0 Å². The van der Waals surface area contributed by atoms with Crippen LogP contribution in [0.1, 0.15) is 19.0 Å². The van der Waals surface area contributed by atoms with Crippen LogP contribution in [0.15, 0.2) is 12.3 Å². The Morgan fingerprint density at radius 2 is 2.28 bits per heavy atom. The molecule has 3 atom stereocenters. The fourth-order valence-electron chi connectivity index (χ4n) is 2.51. The lowest BCUT2D eigenvalue weighted by atomic mass is 10.0. The van der Waals surface area contributed by atoms with Gasteiger partial charge in [0.05, 0.1) is 0 Å². The van der Waals surface area contributed by atoms with E-state index in [4.69, 9.17) is 0 Å². The average Bonchev–Trinajstić information content (AvgIpc) is 2.78. The van der Waals surface area contributed by atoms with Crippen molar-refractivity contribution in [2.75, 3.05) is 18.6 Å². The first-order chi connectivity index (χ1) is 8.72. The summed E-state index contributed by atoms with van der Waals surface area (Å²) in [5.41, 5.74) is 1.33. The van der Waals surface area contributed by atoms with Crippen molar-refractivity contribution >= 4 is 23.5 Å². The smallest absolute Gasteiger partial charge is 0.0492 e. The van der Waals surface area contributed by atoms with Crippen LogP contribution in [0, 0.1) is 0 Å². The minimum absolute atomic E-state index is 0.604. The van der Waals surface area contributed by atoms with Crippen LogP contribution in [0.3, 0.4) is 0 Å². The van der Waals surface area contributed by atoms with Gasteiger partial charge in [-0.1, -0.05) is 6.92 Å². The summed E-state index contributed by atoms with van der Waals surface area (Å²) in [5.74, 6) is 2.60. The van der Waals surface area contributed by atoms with Crippen LogP contribution >= 0.6 is 23.5 Å². The lowest BCUT2D eigenvalue weighted by molar-refractivity contribution is 0.491. The SMILES string of the molecule is CNC(CCc1ccnn1C)C1SCCSC1C. The molecule has 1 saturated heterocycles. The van der Waals surface area contributed by atoms with Crippen molar-refractivity contribution in [2.24, 2.45) is 7.05 Å². The largest absolute Gasteiger partial charge is 0.316 e. The third-order valence-electron chi connectivity index (χ3n) is 3.64. The standard InChI is InChI=1S/C13H23N3S2/c1-10-13(18-9-8-17-10)12(14-2)5-4-11-6-7-15-16(11)3/h6-7,10,12-14H,4-5,8-9H2,1-3H3. The maximum atomic E-state index is 4.23. The van der Waals surface area contributed by atoms with Crippen LogP contribution in [-0.4, -0.2) is 44.9 Å². The second kappa shape index (κ2) is 6.87. The molecule has 2 rings (SSSR count). The van der Waals surface area contributed by atoms with Crippen molar-refractivity contribution in [3.05, 3.63) is 18.0 Å². The summed E-state index contributed by atoms with van der Waals surface area (Å²) in [6, 6.07) is 2.73. The molecule has 0 spiro atoms. The van der Waals surface area contributed by atoms with Gasteiger partial charge in [-0.2, -0.15) is 28.6 Å². The first-order valence-electron chi connectivity index (χ1n) is 6.59. The second-order valence-corrected chi connectivity index (χ2v) is 7.56. The van der Waals surface area contributed by atoms with Gasteiger partial charge in [-0.3, -0.25) is 4.68 Å². The molecule has 0 bridgehead atoms. The van der Waals surface area contributed by atoms with Gasteiger partial charge in [0, 0.05) is 47.0 Å². The van der Waals surface area contributed by atoms with E-state index in [2.05, 4.69) is 54.0 Å². The highest BCUT2D eigenvalue weighted by molar-refractivity contribution is 8.07. The number of aryl methyl sites for hydroxylation is 2. The summed E-state index contributed by atoms with van der Waals surface area (Å²) in [5, 5.41) is 9.25. The molecule has 2 heterocycles. The predicted octanol–water partition coefficient (Wildman–Crippen LogP) is 2.18. The molecule has 0 aliphatic carbocycles. The first kappa shape index (κ1) is 14.3. The molecule has 18 heavy (non-hydrogen) atoms. The van der Waals surface area contributed by atoms with Gasteiger partial charge in [-0.25, -0.2) is 0 Å². The Morgan fingerprint density at radius 1 is 1.50 bits per heavy atom. The van der Waals surface area contributed by atoms with Crippen molar-refractivity contribution in [3.63, 3.8) is 0 Å². The maximum Gasteiger partial charge on any atom is 0.0492 e. The van der Waals surface area contributed by atoms with Gasteiger partial charge in [0.25, 0.3) is 0 Å². The summed E-state index contributed by atoms with van der Waals surface area (Å²) in [6.07, 6.45) is 4.19. The van der Waals surface area contributed by atoms with E-state index in [9.17, 15) is 0 Å². The molecule has 1 aromatic rings. The molecule has 1 aliphatic heterocycles. The van der Waals surface area contributed by atoms with Gasteiger partial charge in [0.2, 0.25) is 0 Å². The zero-order valence-electron chi connectivity index (χ0n) is 11.4. The Morgan fingerprint density at radius 3 is 2.89 bits per heavy atom. The quantitative estimate of drug-likeness (QED) is 0.898. The van der Waals surface area contributed by atoms with Crippen molar-refractivity contribution in [1.29, 1.82) is 0 Å². The van der Waals surface area contributed by atoms with Gasteiger partial charge >= 0.3 is 0 Å². The molecule has 0 radical (unpaired) electrons. The third-order valence-corrected chi connectivity index (χ3v) is 6.89. The van der Waals surface area contributed by atoms with Gasteiger partial charge in [-0.15, -0.1) is 0 Å². The van der Waals surface area contributed by atoms with Crippen LogP contribution < -0.4 is 5.32 Å². The first-order valence-corrected chi connectivity index (χ1v) is 8.69. The number of rotatable bonds is 5. The average molecular weight is 285 g/mol. The number of aromatic nitrogens is 2. The summed E-state index contributed by atoms with van der Waals surface area (Å²) in [4.78, 5) is 0. The lowest BCUT2D eigenvalue weighted by Crippen LogP contribution is -2.43. The van der Waals surface area contributed by atoms with Gasteiger partial charge < -0.3 is 5.32 Å². The van der Waals surface area contributed by atoms with Crippen molar-refractivity contribution in [1.82, 2.24) is 15.1 Å². The van der Waals surface area contributed by atoms with Crippen LogP contribution in [0.4, 0.5) is 0 Å². The minimum atomic E-state index is 0.604. The number of thioether (sulfide) groups is 2. The molecule has 0 aromatic carbocycles. The number of hydrogen-bond acceptors (Lipinski definition) is 4. The van der Waals surface area contributed by atoms with Gasteiger partial charge in [0.1, 0.15) is 0 Å². The van der Waals surface area contributed by atoms with Gasteiger partial charge in [-0.05, 0) is 26.0 Å². The topological polar surface area (TPSA) is 29.9 Å². The van der Waals surface area contributed by atoms with E-state index in [1.54, 1.807) is 0 Å². The number of nitrogens with one attached hydrogen (secondary N) is 1. The van der Waals surface area contributed by atoms with Crippen LogP contribution in [0.5, 0.6) is 0 Å². The Labute approximate surface area is 118 Å².